The van der Waals surface area contributed by atoms with Gasteiger partial charge in [0.05, 0.1) is 18.2 Å². The van der Waals surface area contributed by atoms with E-state index in [0.29, 0.717) is 18.2 Å². The zero-order valence-corrected chi connectivity index (χ0v) is 10.5. The molecule has 2 heterocycles. The Morgan fingerprint density at radius 3 is 2.29 bits per heavy atom. The third-order valence-electron chi connectivity index (χ3n) is 4.26. The lowest BCUT2D eigenvalue weighted by molar-refractivity contribution is -0.0162. The minimum Gasteiger partial charge on any atom is -0.371 e. The predicted octanol–water partition coefficient (Wildman–Crippen LogP) is 1.50. The molecule has 3 rings (SSSR count). The van der Waals surface area contributed by atoms with Gasteiger partial charge in [-0.15, -0.1) is 0 Å². The van der Waals surface area contributed by atoms with E-state index in [9.17, 15) is 0 Å². The third kappa shape index (κ3) is 2.57. The minimum atomic E-state index is 0.397. The average Bonchev–Trinajstić information content (AvgIpc) is 2.69. The molecule has 3 aliphatic rings. The molecule has 1 aliphatic carbocycles. The van der Waals surface area contributed by atoms with Gasteiger partial charge in [-0.3, -0.25) is 0 Å². The second-order valence-electron chi connectivity index (χ2n) is 5.64. The summed E-state index contributed by atoms with van der Waals surface area (Å²) in [4.78, 5) is 6.96. The van der Waals surface area contributed by atoms with Gasteiger partial charge in [-0.2, -0.15) is 0 Å². The van der Waals surface area contributed by atoms with Crippen molar-refractivity contribution in [1.29, 1.82) is 0 Å². The van der Waals surface area contributed by atoms with Crippen LogP contribution in [0.2, 0.25) is 0 Å². The van der Waals surface area contributed by atoms with E-state index in [1.54, 1.807) is 0 Å². The van der Waals surface area contributed by atoms with Crippen LogP contribution in [-0.2, 0) is 4.74 Å². The van der Waals surface area contributed by atoms with Crippen molar-refractivity contribution in [3.8, 4) is 0 Å². The predicted molar refractivity (Wildman–Crippen MR) is 68.0 cm³/mol. The monoisotopic (exact) mass is 237 g/mol. The van der Waals surface area contributed by atoms with Gasteiger partial charge in [0.15, 0.2) is 5.96 Å². The molecule has 2 atom stereocenters. The number of rotatable bonds is 1. The zero-order chi connectivity index (χ0) is 11.7. The summed E-state index contributed by atoms with van der Waals surface area (Å²) in [5.41, 5.74) is 6.15. The van der Waals surface area contributed by atoms with E-state index < -0.39 is 0 Å². The molecule has 1 saturated carbocycles. The average molecular weight is 237 g/mol. The van der Waals surface area contributed by atoms with Crippen molar-refractivity contribution in [3.63, 3.8) is 0 Å². The number of hydrogen-bond donors (Lipinski definition) is 1. The van der Waals surface area contributed by atoms with Gasteiger partial charge in [-0.1, -0.05) is 19.3 Å². The van der Waals surface area contributed by atoms with Crippen LogP contribution in [0, 0.1) is 0 Å². The second kappa shape index (κ2) is 4.84. The first kappa shape index (κ1) is 11.3. The van der Waals surface area contributed by atoms with Crippen molar-refractivity contribution in [1.82, 2.24) is 4.90 Å². The largest absolute Gasteiger partial charge is 0.371 e. The molecule has 4 nitrogen and oxygen atoms in total. The van der Waals surface area contributed by atoms with E-state index in [2.05, 4.69) is 4.90 Å². The molecule has 0 aromatic rings. The molecule has 0 aromatic carbocycles. The van der Waals surface area contributed by atoms with Gasteiger partial charge >= 0.3 is 0 Å². The first-order chi connectivity index (χ1) is 8.31. The molecule has 0 aromatic heterocycles. The van der Waals surface area contributed by atoms with Crippen molar-refractivity contribution < 1.29 is 4.74 Å². The highest BCUT2D eigenvalue weighted by Gasteiger charge is 2.34. The fourth-order valence-electron chi connectivity index (χ4n) is 3.28. The number of nitrogens with zero attached hydrogens (tertiary/aromatic N) is 2. The molecule has 4 heteroatoms. The molecule has 2 unspecified atom stereocenters. The van der Waals surface area contributed by atoms with Gasteiger partial charge in [-0.25, -0.2) is 4.99 Å². The third-order valence-corrected chi connectivity index (χ3v) is 4.26. The Bertz CT molecular complexity index is 287. The van der Waals surface area contributed by atoms with E-state index in [0.717, 1.165) is 19.0 Å². The number of ether oxygens (including phenoxy) is 1. The molecular formula is C13H23N3O. The molecular weight excluding hydrogens is 214 g/mol. The summed E-state index contributed by atoms with van der Waals surface area (Å²) in [5, 5.41) is 0. The number of aliphatic imine (C=N–C) groups is 1. The summed E-state index contributed by atoms with van der Waals surface area (Å²) in [6.07, 6.45) is 9.62. The molecule has 0 spiro atoms. The van der Waals surface area contributed by atoms with E-state index >= 15 is 0 Å². The van der Waals surface area contributed by atoms with Crippen LogP contribution in [0.5, 0.6) is 0 Å². The topological polar surface area (TPSA) is 50.8 Å². The van der Waals surface area contributed by atoms with Crippen molar-refractivity contribution in [2.45, 2.75) is 63.2 Å². The maximum absolute atomic E-state index is 6.15. The quantitative estimate of drug-likeness (QED) is 0.555. The Hall–Kier alpha value is -0.770. The second-order valence-corrected chi connectivity index (χ2v) is 5.64. The molecule has 3 fully saturated rings. The molecule has 2 aliphatic heterocycles. The fraction of sp³-hybridized carbons (Fsp3) is 0.923. The Balaban J connectivity index is 1.61. The van der Waals surface area contributed by atoms with Crippen LogP contribution in [0.25, 0.3) is 0 Å². The summed E-state index contributed by atoms with van der Waals surface area (Å²) in [5.74, 6) is 0.761. The van der Waals surface area contributed by atoms with Crippen LogP contribution in [0.3, 0.4) is 0 Å². The number of nitrogens with two attached hydrogens (primary N) is 1. The normalized spacial score (nSPS) is 35.3. The highest BCUT2D eigenvalue weighted by Crippen LogP contribution is 2.26. The van der Waals surface area contributed by atoms with Gasteiger partial charge in [0.25, 0.3) is 0 Å². The molecule has 17 heavy (non-hydrogen) atoms. The van der Waals surface area contributed by atoms with Crippen LogP contribution in [0.1, 0.15) is 44.9 Å². The maximum Gasteiger partial charge on any atom is 0.191 e. The lowest BCUT2D eigenvalue weighted by Crippen LogP contribution is -2.49. The summed E-state index contributed by atoms with van der Waals surface area (Å²) in [7, 11) is 0. The van der Waals surface area contributed by atoms with Gasteiger partial charge in [0, 0.05) is 13.1 Å². The Labute approximate surface area is 103 Å². The summed E-state index contributed by atoms with van der Waals surface area (Å²) < 4.78 is 5.82. The standard InChI is InChI=1S/C13H23N3O/c14-13(15-10-4-2-1-3-5-10)16-8-11-6-7-12(9-16)17-11/h10-12H,1-9H2,(H2,14,15). The van der Waals surface area contributed by atoms with E-state index in [1.165, 1.54) is 44.9 Å². The van der Waals surface area contributed by atoms with Crippen molar-refractivity contribution >= 4 is 5.96 Å². The SMILES string of the molecule is NC(=NC1CCCCC1)N1CC2CCC(C1)O2. The van der Waals surface area contributed by atoms with Crippen molar-refractivity contribution in [3.05, 3.63) is 0 Å². The highest BCUT2D eigenvalue weighted by atomic mass is 16.5. The van der Waals surface area contributed by atoms with E-state index in [4.69, 9.17) is 15.5 Å². The molecule has 2 N–H and O–H groups in total. The van der Waals surface area contributed by atoms with Gasteiger partial charge in [-0.05, 0) is 25.7 Å². The van der Waals surface area contributed by atoms with Crippen LogP contribution in [0.4, 0.5) is 0 Å². The molecule has 2 bridgehead atoms. The Kier molecular flexibility index (Phi) is 3.23. The van der Waals surface area contributed by atoms with Gasteiger partial charge in [0.2, 0.25) is 0 Å². The number of guanidine groups is 1. The Morgan fingerprint density at radius 1 is 1.00 bits per heavy atom. The first-order valence-electron chi connectivity index (χ1n) is 7.05. The van der Waals surface area contributed by atoms with Crippen molar-refractivity contribution in [2.24, 2.45) is 10.7 Å². The van der Waals surface area contributed by atoms with Gasteiger partial charge in [0.1, 0.15) is 0 Å². The van der Waals surface area contributed by atoms with Crippen LogP contribution < -0.4 is 5.73 Å². The Morgan fingerprint density at radius 2 is 1.65 bits per heavy atom. The maximum atomic E-state index is 6.15. The molecule has 0 amide bonds. The van der Waals surface area contributed by atoms with Crippen molar-refractivity contribution in [2.75, 3.05) is 13.1 Å². The number of morpholine rings is 1. The highest BCUT2D eigenvalue weighted by molar-refractivity contribution is 5.78. The van der Waals surface area contributed by atoms with Gasteiger partial charge < -0.3 is 15.4 Å². The molecule has 0 radical (unpaired) electrons. The van der Waals surface area contributed by atoms with E-state index in [1.807, 2.05) is 0 Å². The zero-order valence-electron chi connectivity index (χ0n) is 10.5. The fourth-order valence-corrected chi connectivity index (χ4v) is 3.28. The number of hydrogen-bond acceptors (Lipinski definition) is 2. The lowest BCUT2D eigenvalue weighted by Gasteiger charge is -2.33. The lowest BCUT2D eigenvalue weighted by atomic mass is 9.96. The van der Waals surface area contributed by atoms with Crippen LogP contribution >= 0.6 is 0 Å². The minimum absolute atomic E-state index is 0.397. The summed E-state index contributed by atoms with van der Waals surface area (Å²) in [6.45, 7) is 1.89. The first-order valence-corrected chi connectivity index (χ1v) is 7.05. The summed E-state index contributed by atoms with van der Waals surface area (Å²) in [6, 6.07) is 0.476. The smallest absolute Gasteiger partial charge is 0.191 e. The molecule has 2 saturated heterocycles. The van der Waals surface area contributed by atoms with E-state index in [-0.39, 0.29) is 0 Å². The van der Waals surface area contributed by atoms with Crippen LogP contribution in [-0.4, -0.2) is 42.2 Å². The summed E-state index contributed by atoms with van der Waals surface area (Å²) >= 11 is 0. The molecule has 96 valence electrons. The van der Waals surface area contributed by atoms with Crippen LogP contribution in [0.15, 0.2) is 4.99 Å². The number of fused-ring (bicyclic) bond motifs is 2. The number of likely N-dealkylation sites (tertiary alicyclic amines) is 1.